The number of carbonyl (C=O) groups excluding carboxylic acids is 2. The number of hydrogen-bond acceptors (Lipinski definition) is 8. The smallest absolute Gasteiger partial charge is 0.332 e. The Hall–Kier alpha value is -4.22. The Morgan fingerprint density at radius 1 is 1.00 bits per heavy atom. The van der Waals surface area contributed by atoms with E-state index in [2.05, 4.69) is 5.10 Å². The van der Waals surface area contributed by atoms with Crippen LogP contribution in [0.4, 0.5) is 5.82 Å². The molecule has 0 atom stereocenters. The van der Waals surface area contributed by atoms with Gasteiger partial charge in [-0.1, -0.05) is 12.1 Å². The number of ether oxygens (including phenoxy) is 1. The minimum absolute atomic E-state index is 0.117. The number of fused-ring (bicyclic) bond motifs is 1. The van der Waals surface area contributed by atoms with Crippen molar-refractivity contribution in [3.05, 3.63) is 71.4 Å². The molecule has 30 heavy (non-hydrogen) atoms. The van der Waals surface area contributed by atoms with Crippen LogP contribution in [0.25, 0.3) is 10.8 Å². The fraction of sp³-hybridized carbons (Fsp3) is 0.222. The molecule has 0 radical (unpaired) electrons. The summed E-state index contributed by atoms with van der Waals surface area (Å²) in [6.45, 7) is -1.50. The first-order valence-corrected chi connectivity index (χ1v) is 8.59. The molecular formula is C18H17N5O7. The topological polar surface area (TPSA) is 168 Å². The van der Waals surface area contributed by atoms with Crippen LogP contribution in [0.3, 0.4) is 0 Å². The molecule has 0 saturated carbocycles. The molecule has 12 heteroatoms. The van der Waals surface area contributed by atoms with E-state index in [-0.39, 0.29) is 16.6 Å². The third-order valence-electron chi connectivity index (χ3n) is 4.52. The summed E-state index contributed by atoms with van der Waals surface area (Å²) in [6.07, 6.45) is 0. The first-order valence-electron chi connectivity index (χ1n) is 8.59. The van der Waals surface area contributed by atoms with Crippen LogP contribution in [-0.4, -0.2) is 37.3 Å². The molecule has 1 aromatic carbocycles. The lowest BCUT2D eigenvalue weighted by Crippen LogP contribution is -2.42. The van der Waals surface area contributed by atoms with E-state index >= 15 is 0 Å². The largest absolute Gasteiger partial charge is 0.456 e. The van der Waals surface area contributed by atoms with Gasteiger partial charge in [-0.3, -0.25) is 38.2 Å². The van der Waals surface area contributed by atoms with E-state index < -0.39 is 52.8 Å². The number of ketones is 1. The molecule has 0 aliphatic heterocycles. The Kier molecular flexibility index (Phi) is 5.24. The van der Waals surface area contributed by atoms with Gasteiger partial charge in [0.05, 0.1) is 10.8 Å². The second-order valence-electron chi connectivity index (χ2n) is 6.43. The van der Waals surface area contributed by atoms with Crippen LogP contribution < -0.4 is 28.1 Å². The number of benzene rings is 1. The van der Waals surface area contributed by atoms with Gasteiger partial charge in [0.15, 0.2) is 6.61 Å². The predicted molar refractivity (Wildman–Crippen MR) is 105 cm³/mol. The Morgan fingerprint density at radius 3 is 2.30 bits per heavy atom. The Morgan fingerprint density at radius 2 is 1.63 bits per heavy atom. The third kappa shape index (κ3) is 3.45. The average Bonchev–Trinajstić information content (AvgIpc) is 2.73. The number of Topliss-reactive ketones (excluding diaryl/α,β-unsaturated/α-hetero) is 1. The molecule has 156 valence electrons. The zero-order valence-corrected chi connectivity index (χ0v) is 16.0. The van der Waals surface area contributed by atoms with Crippen LogP contribution in [-0.2, 0) is 30.2 Å². The van der Waals surface area contributed by atoms with Crippen molar-refractivity contribution >= 4 is 28.3 Å². The summed E-state index contributed by atoms with van der Waals surface area (Å²) in [6, 6.07) is 6.07. The Balaban J connectivity index is 1.80. The van der Waals surface area contributed by atoms with E-state index in [0.717, 1.165) is 9.25 Å². The van der Waals surface area contributed by atoms with Crippen molar-refractivity contribution in [3.63, 3.8) is 0 Å². The van der Waals surface area contributed by atoms with Gasteiger partial charge in [-0.05, 0) is 12.1 Å². The number of carbonyl (C=O) groups is 2. The number of aromatic nitrogens is 4. The van der Waals surface area contributed by atoms with E-state index in [4.69, 9.17) is 10.5 Å². The molecule has 0 spiro atoms. The summed E-state index contributed by atoms with van der Waals surface area (Å²) >= 11 is 0. The van der Waals surface area contributed by atoms with Crippen molar-refractivity contribution in [2.45, 2.75) is 6.54 Å². The van der Waals surface area contributed by atoms with Crippen LogP contribution in [0.5, 0.6) is 0 Å². The second kappa shape index (κ2) is 7.66. The lowest BCUT2D eigenvalue weighted by molar-refractivity contribution is -0.143. The molecule has 3 aromatic rings. The van der Waals surface area contributed by atoms with Gasteiger partial charge < -0.3 is 10.5 Å². The SMILES string of the molecule is Cn1c(N)c(C(=O)COC(=O)Cn2[nH]c(=O)c3ccccc3c2=O)c(=O)n(C)c1=O. The highest BCUT2D eigenvalue weighted by atomic mass is 16.5. The molecule has 0 aliphatic rings. The van der Waals surface area contributed by atoms with Crippen molar-refractivity contribution in [1.29, 1.82) is 0 Å². The minimum atomic E-state index is -1.00. The zero-order chi connectivity index (χ0) is 22.2. The summed E-state index contributed by atoms with van der Waals surface area (Å²) in [5, 5.41) is 2.55. The molecule has 2 aromatic heterocycles. The summed E-state index contributed by atoms with van der Waals surface area (Å²) in [5.41, 5.74) is 2.34. The number of nitrogens with two attached hydrogens (primary N) is 1. The van der Waals surface area contributed by atoms with E-state index in [0.29, 0.717) is 4.57 Å². The maximum Gasteiger partial charge on any atom is 0.332 e. The predicted octanol–water partition coefficient (Wildman–Crippen LogP) is -1.90. The van der Waals surface area contributed by atoms with Crippen molar-refractivity contribution in [2.24, 2.45) is 14.1 Å². The van der Waals surface area contributed by atoms with Crippen molar-refractivity contribution in [2.75, 3.05) is 12.3 Å². The normalized spacial score (nSPS) is 10.9. The molecule has 3 rings (SSSR count). The van der Waals surface area contributed by atoms with Gasteiger partial charge in [0.2, 0.25) is 5.78 Å². The monoisotopic (exact) mass is 415 g/mol. The summed E-state index contributed by atoms with van der Waals surface area (Å²) in [7, 11) is 2.46. The summed E-state index contributed by atoms with van der Waals surface area (Å²) < 4.78 is 7.20. The van der Waals surface area contributed by atoms with Gasteiger partial charge in [0, 0.05) is 14.1 Å². The van der Waals surface area contributed by atoms with E-state index in [1.807, 2.05) is 0 Å². The number of anilines is 1. The van der Waals surface area contributed by atoms with Crippen LogP contribution >= 0.6 is 0 Å². The Bertz CT molecular complexity index is 1420. The highest BCUT2D eigenvalue weighted by Gasteiger charge is 2.21. The van der Waals surface area contributed by atoms with Crippen LogP contribution in [0.1, 0.15) is 10.4 Å². The first kappa shape index (κ1) is 20.5. The molecule has 0 saturated heterocycles. The zero-order valence-electron chi connectivity index (χ0n) is 16.0. The number of H-pyrrole nitrogens is 1. The standard InChI is InChI=1S/C18H17N5O7/c1-21-14(19)13(17(28)22(2)18(21)29)11(24)8-30-12(25)7-23-16(27)10-6-4-3-5-9(10)15(26)20-23/h3-6H,7-8,19H2,1-2H3,(H,20,26). The number of hydrogen-bond donors (Lipinski definition) is 2. The van der Waals surface area contributed by atoms with Crippen molar-refractivity contribution in [3.8, 4) is 0 Å². The lowest BCUT2D eigenvalue weighted by Gasteiger charge is -2.11. The molecule has 0 unspecified atom stereocenters. The number of nitrogens with zero attached hydrogens (tertiary/aromatic N) is 3. The van der Waals surface area contributed by atoms with Crippen LogP contribution in [0.2, 0.25) is 0 Å². The van der Waals surface area contributed by atoms with Gasteiger partial charge in [0.1, 0.15) is 17.9 Å². The maximum absolute atomic E-state index is 12.4. The summed E-state index contributed by atoms with van der Waals surface area (Å²) in [5.74, 6) is -2.28. The summed E-state index contributed by atoms with van der Waals surface area (Å²) in [4.78, 5) is 72.8. The number of esters is 1. The van der Waals surface area contributed by atoms with Crippen LogP contribution in [0, 0.1) is 0 Å². The van der Waals surface area contributed by atoms with E-state index in [9.17, 15) is 28.8 Å². The van der Waals surface area contributed by atoms with Gasteiger partial charge in [-0.25, -0.2) is 9.48 Å². The quantitative estimate of drug-likeness (QED) is 0.359. The van der Waals surface area contributed by atoms with Gasteiger partial charge >= 0.3 is 11.7 Å². The molecule has 0 fully saturated rings. The van der Waals surface area contributed by atoms with Crippen molar-refractivity contribution < 1.29 is 14.3 Å². The molecule has 3 N–H and O–H groups in total. The molecule has 12 nitrogen and oxygen atoms in total. The minimum Gasteiger partial charge on any atom is -0.456 e. The highest BCUT2D eigenvalue weighted by Crippen LogP contribution is 2.05. The fourth-order valence-electron chi connectivity index (χ4n) is 2.87. The molecule has 2 heterocycles. The van der Waals surface area contributed by atoms with Gasteiger partial charge in [-0.2, -0.15) is 0 Å². The number of aromatic amines is 1. The second-order valence-corrected chi connectivity index (χ2v) is 6.43. The molecule has 0 bridgehead atoms. The number of rotatable bonds is 5. The van der Waals surface area contributed by atoms with Gasteiger partial charge in [0.25, 0.3) is 16.7 Å². The maximum atomic E-state index is 12.4. The lowest BCUT2D eigenvalue weighted by atomic mass is 10.2. The van der Waals surface area contributed by atoms with E-state index in [1.165, 1.54) is 26.2 Å². The van der Waals surface area contributed by atoms with Gasteiger partial charge in [-0.15, -0.1) is 0 Å². The molecular weight excluding hydrogens is 398 g/mol. The first-order chi connectivity index (χ1) is 14.1. The number of nitrogens with one attached hydrogen (secondary N) is 1. The number of nitrogen functional groups attached to an aromatic ring is 1. The third-order valence-corrected chi connectivity index (χ3v) is 4.52. The Labute approximate surface area is 166 Å². The van der Waals surface area contributed by atoms with E-state index in [1.54, 1.807) is 12.1 Å². The molecule has 0 aliphatic carbocycles. The highest BCUT2D eigenvalue weighted by molar-refractivity contribution is 6.01. The van der Waals surface area contributed by atoms with Crippen molar-refractivity contribution in [1.82, 2.24) is 18.9 Å². The van der Waals surface area contributed by atoms with Crippen LogP contribution in [0.15, 0.2) is 43.4 Å². The molecule has 0 amide bonds. The fourth-order valence-corrected chi connectivity index (χ4v) is 2.87. The average molecular weight is 415 g/mol.